The zero-order valence-electron chi connectivity index (χ0n) is 8.39. The lowest BCUT2D eigenvalue weighted by Crippen LogP contribution is -2.01. The van der Waals surface area contributed by atoms with Gasteiger partial charge in [-0.1, -0.05) is 35.9 Å². The molecule has 1 unspecified atom stereocenters. The number of halogens is 1. The van der Waals surface area contributed by atoms with Gasteiger partial charge in [-0.15, -0.1) is 0 Å². The Kier molecular flexibility index (Phi) is 3.39. The van der Waals surface area contributed by atoms with Crippen LogP contribution in [0.5, 0.6) is 0 Å². The van der Waals surface area contributed by atoms with E-state index in [9.17, 15) is 4.21 Å². The lowest BCUT2D eigenvalue weighted by atomic mass is 10.1. The monoisotopic (exact) mass is 251 g/mol. The first kappa shape index (κ1) is 11.3. The molecule has 2 aromatic carbocycles. The van der Waals surface area contributed by atoms with Crippen LogP contribution in [0.25, 0.3) is 11.1 Å². The van der Waals surface area contributed by atoms with E-state index in [-0.39, 0.29) is 0 Å². The minimum Gasteiger partial charge on any atom is -0.248 e. The minimum absolute atomic E-state index is 0.623. The molecule has 0 aromatic heterocycles. The first-order chi connectivity index (χ1) is 7.66. The van der Waals surface area contributed by atoms with E-state index in [1.165, 1.54) is 0 Å². The van der Waals surface area contributed by atoms with Crippen molar-refractivity contribution >= 4 is 22.6 Å². The van der Waals surface area contributed by atoms with E-state index in [4.69, 9.17) is 16.7 Å². The van der Waals surface area contributed by atoms with Crippen molar-refractivity contribution in [2.45, 2.75) is 4.90 Å². The molecule has 0 saturated heterocycles. The maximum atomic E-state index is 11.0. The summed E-state index contributed by atoms with van der Waals surface area (Å²) in [5, 5.41) is 5.99. The summed E-state index contributed by atoms with van der Waals surface area (Å²) in [5.74, 6) is 0. The molecule has 2 nitrogen and oxygen atoms in total. The Morgan fingerprint density at radius 3 is 1.75 bits per heavy atom. The Morgan fingerprint density at radius 1 is 0.875 bits per heavy atom. The van der Waals surface area contributed by atoms with Crippen LogP contribution in [0, 0.1) is 0 Å². The molecule has 0 bridgehead atoms. The Labute approximate surface area is 102 Å². The average Bonchev–Trinajstić information content (AvgIpc) is 2.30. The highest BCUT2D eigenvalue weighted by Gasteiger charge is 2.00. The van der Waals surface area contributed by atoms with Gasteiger partial charge in [-0.3, -0.25) is 0 Å². The normalized spacial score (nSPS) is 12.4. The molecule has 0 amide bonds. The third kappa shape index (κ3) is 2.50. The van der Waals surface area contributed by atoms with Crippen LogP contribution in [0.4, 0.5) is 0 Å². The third-order valence-electron chi connectivity index (χ3n) is 2.26. The minimum atomic E-state index is -1.42. The fraction of sp³-hybridized carbons (Fsp3) is 0. The first-order valence-corrected chi connectivity index (χ1v) is 6.28. The van der Waals surface area contributed by atoms with Gasteiger partial charge in [0.15, 0.2) is 0 Å². The molecule has 0 saturated carbocycles. The van der Waals surface area contributed by atoms with Crippen molar-refractivity contribution in [1.82, 2.24) is 0 Å². The number of benzene rings is 2. The van der Waals surface area contributed by atoms with E-state index in [2.05, 4.69) is 0 Å². The van der Waals surface area contributed by atoms with Gasteiger partial charge in [-0.05, 0) is 35.4 Å². The molecule has 0 spiro atoms. The van der Waals surface area contributed by atoms with Crippen LogP contribution in [-0.2, 0) is 11.0 Å². The summed E-state index contributed by atoms with van der Waals surface area (Å²) in [5.41, 5.74) is 2.12. The molecular formula is C12H10ClNOS. The fourth-order valence-corrected chi connectivity index (χ4v) is 1.95. The van der Waals surface area contributed by atoms with E-state index in [0.717, 1.165) is 11.1 Å². The second-order valence-corrected chi connectivity index (χ2v) is 4.83. The SMILES string of the molecule is NS(=O)c1ccc(-c2ccc(Cl)cc2)cc1. The summed E-state index contributed by atoms with van der Waals surface area (Å²) in [6.07, 6.45) is 0. The molecule has 4 heteroatoms. The van der Waals surface area contributed by atoms with Crippen LogP contribution in [0.15, 0.2) is 53.4 Å². The average molecular weight is 252 g/mol. The van der Waals surface area contributed by atoms with Gasteiger partial charge >= 0.3 is 0 Å². The molecule has 0 fully saturated rings. The molecule has 82 valence electrons. The molecule has 0 radical (unpaired) electrons. The Morgan fingerprint density at radius 2 is 1.31 bits per heavy atom. The van der Waals surface area contributed by atoms with Crippen molar-refractivity contribution in [2.24, 2.45) is 5.14 Å². The smallest absolute Gasteiger partial charge is 0.122 e. The molecule has 0 aliphatic carbocycles. The van der Waals surface area contributed by atoms with Gasteiger partial charge in [0.1, 0.15) is 11.0 Å². The standard InChI is InChI=1S/C12H10ClNOS/c13-11-5-1-9(2-6-11)10-3-7-12(8-4-10)16(14)15/h1-8H,14H2. The van der Waals surface area contributed by atoms with E-state index < -0.39 is 11.0 Å². The molecule has 16 heavy (non-hydrogen) atoms. The Hall–Kier alpha value is -1.16. The number of hydrogen-bond acceptors (Lipinski definition) is 1. The predicted molar refractivity (Wildman–Crippen MR) is 67.5 cm³/mol. The molecule has 2 rings (SSSR count). The van der Waals surface area contributed by atoms with Gasteiger partial charge in [0.05, 0.1) is 4.90 Å². The van der Waals surface area contributed by atoms with Crippen molar-refractivity contribution in [3.8, 4) is 11.1 Å². The zero-order chi connectivity index (χ0) is 11.5. The first-order valence-electron chi connectivity index (χ1n) is 4.69. The van der Waals surface area contributed by atoms with Gasteiger partial charge in [-0.25, -0.2) is 9.35 Å². The van der Waals surface area contributed by atoms with Gasteiger partial charge in [-0.2, -0.15) is 0 Å². The summed E-state index contributed by atoms with van der Waals surface area (Å²) < 4.78 is 11.0. The molecule has 2 N–H and O–H groups in total. The Balaban J connectivity index is 2.34. The van der Waals surface area contributed by atoms with Crippen LogP contribution in [-0.4, -0.2) is 4.21 Å². The molecule has 2 aromatic rings. The Bertz CT molecular complexity index is 508. The largest absolute Gasteiger partial charge is 0.248 e. The van der Waals surface area contributed by atoms with Gasteiger partial charge in [0.25, 0.3) is 0 Å². The van der Waals surface area contributed by atoms with Crippen molar-refractivity contribution in [2.75, 3.05) is 0 Å². The highest BCUT2D eigenvalue weighted by Crippen LogP contribution is 2.22. The van der Waals surface area contributed by atoms with Crippen LogP contribution < -0.4 is 5.14 Å². The summed E-state index contributed by atoms with van der Waals surface area (Å²) in [4.78, 5) is 0.623. The third-order valence-corrected chi connectivity index (χ3v) is 3.25. The maximum Gasteiger partial charge on any atom is 0.122 e. The highest BCUT2D eigenvalue weighted by molar-refractivity contribution is 7.82. The molecule has 1 atom stereocenters. The summed E-state index contributed by atoms with van der Waals surface area (Å²) in [6, 6.07) is 14.9. The van der Waals surface area contributed by atoms with Crippen LogP contribution in [0.2, 0.25) is 5.02 Å². The summed E-state index contributed by atoms with van der Waals surface area (Å²) in [7, 11) is -1.42. The fourth-order valence-electron chi connectivity index (χ4n) is 1.42. The number of hydrogen-bond donors (Lipinski definition) is 1. The van der Waals surface area contributed by atoms with E-state index in [1.807, 2.05) is 36.4 Å². The number of nitrogens with two attached hydrogens (primary N) is 1. The second-order valence-electron chi connectivity index (χ2n) is 3.33. The van der Waals surface area contributed by atoms with Crippen LogP contribution >= 0.6 is 11.6 Å². The van der Waals surface area contributed by atoms with Crippen LogP contribution in [0.3, 0.4) is 0 Å². The predicted octanol–water partition coefficient (Wildman–Crippen LogP) is 2.99. The lowest BCUT2D eigenvalue weighted by Gasteiger charge is -2.02. The van der Waals surface area contributed by atoms with Crippen molar-refractivity contribution in [3.63, 3.8) is 0 Å². The summed E-state index contributed by atoms with van der Waals surface area (Å²) >= 11 is 5.81. The topological polar surface area (TPSA) is 43.1 Å². The van der Waals surface area contributed by atoms with Crippen molar-refractivity contribution < 1.29 is 4.21 Å². The van der Waals surface area contributed by atoms with Gasteiger partial charge < -0.3 is 0 Å². The quantitative estimate of drug-likeness (QED) is 0.876. The lowest BCUT2D eigenvalue weighted by molar-refractivity contribution is 0.684. The highest BCUT2D eigenvalue weighted by atomic mass is 35.5. The van der Waals surface area contributed by atoms with Gasteiger partial charge in [0, 0.05) is 5.02 Å². The van der Waals surface area contributed by atoms with Gasteiger partial charge in [0.2, 0.25) is 0 Å². The maximum absolute atomic E-state index is 11.0. The molecular weight excluding hydrogens is 242 g/mol. The van der Waals surface area contributed by atoms with E-state index in [1.54, 1.807) is 12.1 Å². The van der Waals surface area contributed by atoms with E-state index in [0.29, 0.717) is 9.92 Å². The van der Waals surface area contributed by atoms with Crippen molar-refractivity contribution in [1.29, 1.82) is 0 Å². The second kappa shape index (κ2) is 4.78. The molecule has 0 aliphatic heterocycles. The van der Waals surface area contributed by atoms with Crippen molar-refractivity contribution in [3.05, 3.63) is 53.6 Å². The summed E-state index contributed by atoms with van der Waals surface area (Å²) in [6.45, 7) is 0. The van der Waals surface area contributed by atoms with E-state index >= 15 is 0 Å². The molecule has 0 heterocycles. The molecule has 0 aliphatic rings. The van der Waals surface area contributed by atoms with Crippen LogP contribution in [0.1, 0.15) is 0 Å². The zero-order valence-corrected chi connectivity index (χ0v) is 9.96. The number of rotatable bonds is 2.